The fourth-order valence-corrected chi connectivity index (χ4v) is 5.13. The van der Waals surface area contributed by atoms with Crippen molar-refractivity contribution in [2.45, 2.75) is 33.1 Å². The number of nitrogens with one attached hydrogen (secondary N) is 1. The molecule has 0 spiro atoms. The third kappa shape index (κ3) is 3.48. The summed E-state index contributed by atoms with van der Waals surface area (Å²) in [6.45, 7) is 3.59. The van der Waals surface area contributed by atoms with Crippen molar-refractivity contribution in [3.63, 3.8) is 0 Å². The molecule has 156 valence electrons. The van der Waals surface area contributed by atoms with Crippen molar-refractivity contribution in [3.05, 3.63) is 59.4 Å². The number of aromatic nitrogens is 4. The van der Waals surface area contributed by atoms with Crippen molar-refractivity contribution in [3.8, 4) is 27.5 Å². The van der Waals surface area contributed by atoms with Crippen molar-refractivity contribution >= 4 is 28.2 Å². The van der Waals surface area contributed by atoms with E-state index in [0.29, 0.717) is 10.9 Å². The number of amides is 1. The van der Waals surface area contributed by atoms with E-state index < -0.39 is 0 Å². The molecule has 1 aromatic carbocycles. The number of para-hydroxylation sites is 1. The monoisotopic (exact) mass is 430 g/mol. The first kappa shape index (κ1) is 19.4. The lowest BCUT2D eigenvalue weighted by Crippen LogP contribution is -2.05. The minimum atomic E-state index is -0.120. The molecule has 31 heavy (non-hydrogen) atoms. The van der Waals surface area contributed by atoms with Gasteiger partial charge >= 0.3 is 0 Å². The predicted molar refractivity (Wildman–Crippen MR) is 123 cm³/mol. The van der Waals surface area contributed by atoms with E-state index in [0.717, 1.165) is 58.0 Å². The molecule has 3 heterocycles. The van der Waals surface area contributed by atoms with Crippen molar-refractivity contribution in [2.24, 2.45) is 0 Å². The molecule has 0 unspecified atom stereocenters. The predicted octanol–water partition coefficient (Wildman–Crippen LogP) is 4.40. The number of nitrogen functional groups attached to an aromatic ring is 1. The van der Waals surface area contributed by atoms with E-state index in [1.807, 2.05) is 22.9 Å². The maximum atomic E-state index is 11.6. The van der Waals surface area contributed by atoms with Gasteiger partial charge in [0.1, 0.15) is 5.82 Å². The lowest BCUT2D eigenvalue weighted by molar-refractivity contribution is -0.114. The van der Waals surface area contributed by atoms with Crippen molar-refractivity contribution in [2.75, 3.05) is 11.1 Å². The molecule has 8 heteroatoms. The van der Waals surface area contributed by atoms with Crippen LogP contribution < -0.4 is 11.1 Å². The van der Waals surface area contributed by atoms with Crippen molar-refractivity contribution in [1.82, 2.24) is 19.7 Å². The Kier molecular flexibility index (Phi) is 4.78. The molecular weight excluding hydrogens is 408 g/mol. The molecule has 7 nitrogen and oxygen atoms in total. The highest BCUT2D eigenvalue weighted by Crippen LogP contribution is 2.43. The number of nitrogens with two attached hydrogens (primary N) is 1. The second-order valence-corrected chi connectivity index (χ2v) is 8.67. The quantitative estimate of drug-likeness (QED) is 0.502. The minimum Gasteiger partial charge on any atom is -0.384 e. The Hall–Kier alpha value is -3.52. The Bertz CT molecular complexity index is 1290. The van der Waals surface area contributed by atoms with Gasteiger partial charge in [0.2, 0.25) is 5.91 Å². The molecule has 1 amide bonds. The van der Waals surface area contributed by atoms with Gasteiger partial charge in [-0.15, -0.1) is 0 Å². The number of aryl methyl sites for hydroxylation is 2. The molecule has 1 aliphatic rings. The van der Waals surface area contributed by atoms with Gasteiger partial charge in [-0.05, 0) is 49.9 Å². The molecule has 3 aromatic heterocycles. The highest BCUT2D eigenvalue weighted by Gasteiger charge is 2.28. The molecule has 5 rings (SSSR count). The number of hydrogen-bond acceptors (Lipinski definition) is 6. The average molecular weight is 431 g/mol. The van der Waals surface area contributed by atoms with E-state index in [4.69, 9.17) is 15.8 Å². The molecular formula is C23H22N6OS. The Balaban J connectivity index is 1.78. The summed E-state index contributed by atoms with van der Waals surface area (Å²) in [4.78, 5) is 21.7. The van der Waals surface area contributed by atoms with Crippen LogP contribution in [0.1, 0.15) is 30.2 Å². The molecule has 0 saturated heterocycles. The second-order valence-electron chi connectivity index (χ2n) is 7.68. The first-order chi connectivity index (χ1) is 15.0. The van der Waals surface area contributed by atoms with Crippen LogP contribution in [0.25, 0.3) is 27.5 Å². The van der Waals surface area contributed by atoms with Gasteiger partial charge in [-0.25, -0.2) is 14.6 Å². The molecule has 0 saturated carbocycles. The lowest BCUT2D eigenvalue weighted by atomic mass is 10.0. The van der Waals surface area contributed by atoms with Crippen LogP contribution in [-0.2, 0) is 17.6 Å². The summed E-state index contributed by atoms with van der Waals surface area (Å²) in [6, 6.07) is 12.0. The van der Waals surface area contributed by atoms with Gasteiger partial charge in [-0.2, -0.15) is 5.10 Å². The van der Waals surface area contributed by atoms with Crippen LogP contribution >= 0.6 is 11.3 Å². The standard InChI is InChI=1S/C23H22N6OS/c1-13-6-3-4-9-18(13)29-21-16(20(28-29)15-10-11-19(24)25-12-15)7-5-8-17-22(21)31-23(27-17)26-14(2)30/h3-4,6,9-12H,5,7-8H2,1-2H3,(H2,24,25)(H,26,27,30). The first-order valence-electron chi connectivity index (χ1n) is 10.2. The van der Waals surface area contributed by atoms with Gasteiger partial charge in [0.05, 0.1) is 27.6 Å². The summed E-state index contributed by atoms with van der Waals surface area (Å²) < 4.78 is 2.02. The van der Waals surface area contributed by atoms with E-state index in [9.17, 15) is 4.79 Å². The van der Waals surface area contributed by atoms with Crippen molar-refractivity contribution < 1.29 is 4.79 Å². The molecule has 0 aliphatic heterocycles. The second kappa shape index (κ2) is 7.63. The molecule has 0 radical (unpaired) electrons. The number of nitrogens with zero attached hydrogens (tertiary/aromatic N) is 4. The summed E-state index contributed by atoms with van der Waals surface area (Å²) in [7, 11) is 0. The first-order valence-corrected chi connectivity index (χ1v) is 11.0. The fourth-order valence-electron chi connectivity index (χ4n) is 4.02. The van der Waals surface area contributed by atoms with E-state index in [-0.39, 0.29) is 5.91 Å². The van der Waals surface area contributed by atoms with E-state index in [1.165, 1.54) is 23.8 Å². The molecule has 1 aliphatic carbocycles. The van der Waals surface area contributed by atoms with Crippen LogP contribution in [0.15, 0.2) is 42.6 Å². The Morgan fingerprint density at radius 3 is 2.77 bits per heavy atom. The molecule has 4 aromatic rings. The minimum absolute atomic E-state index is 0.120. The third-order valence-electron chi connectivity index (χ3n) is 5.42. The third-order valence-corrected chi connectivity index (χ3v) is 6.44. The molecule has 0 bridgehead atoms. The van der Waals surface area contributed by atoms with Crippen LogP contribution in [0, 0.1) is 6.92 Å². The van der Waals surface area contributed by atoms with Crippen LogP contribution in [0.4, 0.5) is 10.9 Å². The van der Waals surface area contributed by atoms with Gasteiger partial charge in [-0.1, -0.05) is 29.5 Å². The molecule has 0 atom stereocenters. The van der Waals surface area contributed by atoms with Gasteiger partial charge < -0.3 is 11.1 Å². The topological polar surface area (TPSA) is 98.7 Å². The summed E-state index contributed by atoms with van der Waals surface area (Å²) in [5, 5.41) is 8.53. The average Bonchev–Trinajstić information content (AvgIpc) is 3.25. The normalized spacial score (nSPS) is 12.7. The van der Waals surface area contributed by atoms with Crippen LogP contribution in [0.3, 0.4) is 0 Å². The highest BCUT2D eigenvalue weighted by molar-refractivity contribution is 7.19. The van der Waals surface area contributed by atoms with Gasteiger partial charge in [0.25, 0.3) is 0 Å². The maximum Gasteiger partial charge on any atom is 0.223 e. The van der Waals surface area contributed by atoms with E-state index in [1.54, 1.807) is 12.3 Å². The Labute approximate surface area is 184 Å². The zero-order valence-electron chi connectivity index (χ0n) is 17.3. The SMILES string of the molecule is CC(=O)Nc1nc2c(s1)-c1c(c(-c3ccc(N)nc3)nn1-c1ccccc1C)CCC2. The van der Waals surface area contributed by atoms with Crippen LogP contribution in [0.2, 0.25) is 0 Å². The number of carbonyl (C=O) groups excluding carboxylic acids is 1. The largest absolute Gasteiger partial charge is 0.384 e. The van der Waals surface area contributed by atoms with E-state index >= 15 is 0 Å². The lowest BCUT2D eigenvalue weighted by Gasteiger charge is -2.10. The van der Waals surface area contributed by atoms with E-state index in [2.05, 4.69) is 29.4 Å². The zero-order chi connectivity index (χ0) is 21.5. The highest BCUT2D eigenvalue weighted by atomic mass is 32.1. The number of rotatable bonds is 3. The fraction of sp³-hybridized carbons (Fsp3) is 0.217. The number of hydrogen-bond donors (Lipinski definition) is 2. The number of pyridine rings is 1. The number of benzene rings is 1. The number of thiazole rings is 1. The van der Waals surface area contributed by atoms with Gasteiger partial charge in [-0.3, -0.25) is 4.79 Å². The summed E-state index contributed by atoms with van der Waals surface area (Å²) in [5.74, 6) is 0.364. The van der Waals surface area contributed by atoms with Gasteiger partial charge in [0.15, 0.2) is 5.13 Å². The zero-order valence-corrected chi connectivity index (χ0v) is 18.2. The van der Waals surface area contributed by atoms with Crippen LogP contribution in [-0.4, -0.2) is 25.7 Å². The Morgan fingerprint density at radius 1 is 1.19 bits per heavy atom. The van der Waals surface area contributed by atoms with Crippen LogP contribution in [0.5, 0.6) is 0 Å². The number of anilines is 2. The van der Waals surface area contributed by atoms with Crippen molar-refractivity contribution in [1.29, 1.82) is 0 Å². The summed E-state index contributed by atoms with van der Waals surface area (Å²) >= 11 is 1.51. The summed E-state index contributed by atoms with van der Waals surface area (Å²) in [5.41, 5.74) is 13.0. The number of carbonyl (C=O) groups is 1. The molecule has 0 fully saturated rings. The molecule has 3 N–H and O–H groups in total. The number of fused-ring (bicyclic) bond motifs is 3. The Morgan fingerprint density at radius 2 is 2.03 bits per heavy atom. The maximum absolute atomic E-state index is 11.6. The summed E-state index contributed by atoms with van der Waals surface area (Å²) in [6.07, 6.45) is 4.48. The van der Waals surface area contributed by atoms with Gasteiger partial charge in [0, 0.05) is 24.2 Å². The smallest absolute Gasteiger partial charge is 0.223 e.